The lowest BCUT2D eigenvalue weighted by molar-refractivity contribution is 0.683. The molecule has 3 aromatic rings. The Balaban J connectivity index is 1.80. The second-order valence-corrected chi connectivity index (χ2v) is 6.20. The number of nitrogens with zero attached hydrogens (tertiary/aromatic N) is 3. The number of H-pyrrole nitrogens is 1. The second-order valence-electron chi connectivity index (χ2n) is 5.28. The van der Waals surface area contributed by atoms with Crippen LogP contribution < -0.4 is 5.73 Å². The van der Waals surface area contributed by atoms with Gasteiger partial charge < -0.3 is 5.73 Å². The van der Waals surface area contributed by atoms with E-state index in [0.29, 0.717) is 18.3 Å². The first-order valence-corrected chi connectivity index (χ1v) is 7.46. The van der Waals surface area contributed by atoms with E-state index in [1.54, 1.807) is 0 Å². The normalized spacial score (nSPS) is 15.1. The van der Waals surface area contributed by atoms with E-state index < -0.39 is 0 Å². The summed E-state index contributed by atoms with van der Waals surface area (Å²) in [6.45, 7) is 0.701. The van der Waals surface area contributed by atoms with Gasteiger partial charge in [-0.3, -0.25) is 5.10 Å². The van der Waals surface area contributed by atoms with Crippen molar-refractivity contribution < 1.29 is 0 Å². The Bertz CT molecular complexity index is 784. The lowest BCUT2D eigenvalue weighted by Gasteiger charge is -2.02. The Kier molecular flexibility index (Phi) is 2.60. The van der Waals surface area contributed by atoms with E-state index >= 15 is 0 Å². The highest BCUT2D eigenvalue weighted by atomic mass is 79.9. The minimum Gasteiger partial charge on any atom is -0.383 e. The molecule has 0 aliphatic heterocycles. The molecule has 0 atom stereocenters. The van der Waals surface area contributed by atoms with Crippen molar-refractivity contribution in [1.29, 1.82) is 0 Å². The van der Waals surface area contributed by atoms with Crippen molar-refractivity contribution in [3.63, 3.8) is 0 Å². The maximum absolute atomic E-state index is 5.99. The van der Waals surface area contributed by atoms with E-state index in [2.05, 4.69) is 38.3 Å². The minimum absolute atomic E-state index is 0.557. The van der Waals surface area contributed by atoms with Crippen LogP contribution in [0.5, 0.6) is 0 Å². The molecule has 2 heterocycles. The standard InChI is InChI=1S/C14H14BrN5/c15-10-3-1-2-8(6-10)7-20-14-11(13(16)17-18-14)12(19-20)9-4-5-9/h1-3,6,9H,4-5,7H2,(H3,16,17,18). The molecule has 0 radical (unpaired) electrons. The van der Waals surface area contributed by atoms with Gasteiger partial charge in [0, 0.05) is 10.4 Å². The zero-order valence-electron chi connectivity index (χ0n) is 10.8. The van der Waals surface area contributed by atoms with Crippen molar-refractivity contribution in [2.24, 2.45) is 0 Å². The molecule has 102 valence electrons. The molecule has 1 aliphatic rings. The van der Waals surface area contributed by atoms with Crippen LogP contribution in [0.4, 0.5) is 5.82 Å². The number of hydrogen-bond acceptors (Lipinski definition) is 3. The molecule has 1 aromatic carbocycles. The summed E-state index contributed by atoms with van der Waals surface area (Å²) >= 11 is 3.50. The van der Waals surface area contributed by atoms with Crippen LogP contribution in [0.2, 0.25) is 0 Å². The fourth-order valence-electron chi connectivity index (χ4n) is 2.57. The number of aromatic amines is 1. The summed E-state index contributed by atoms with van der Waals surface area (Å²) in [5.74, 6) is 1.18. The summed E-state index contributed by atoms with van der Waals surface area (Å²) in [5, 5.41) is 12.9. The van der Waals surface area contributed by atoms with E-state index in [1.165, 1.54) is 18.4 Å². The van der Waals surface area contributed by atoms with Crippen molar-refractivity contribution >= 4 is 32.8 Å². The summed E-state index contributed by atoms with van der Waals surface area (Å²) in [6.07, 6.45) is 2.40. The van der Waals surface area contributed by atoms with Crippen LogP contribution in [-0.4, -0.2) is 20.0 Å². The van der Waals surface area contributed by atoms with Gasteiger partial charge in [-0.25, -0.2) is 4.68 Å². The summed E-state index contributed by atoms with van der Waals surface area (Å²) in [4.78, 5) is 0. The molecule has 4 rings (SSSR count). The zero-order chi connectivity index (χ0) is 13.7. The third kappa shape index (κ3) is 1.91. The SMILES string of the molecule is Nc1[nH]nc2c1c(C1CC1)nn2Cc1cccc(Br)c1. The molecule has 0 bridgehead atoms. The number of nitrogen functional groups attached to an aromatic ring is 1. The fourth-order valence-corrected chi connectivity index (χ4v) is 3.02. The Labute approximate surface area is 124 Å². The average molecular weight is 332 g/mol. The predicted molar refractivity (Wildman–Crippen MR) is 81.5 cm³/mol. The van der Waals surface area contributed by atoms with Crippen LogP contribution in [0.15, 0.2) is 28.7 Å². The van der Waals surface area contributed by atoms with E-state index in [1.807, 2.05) is 16.8 Å². The monoisotopic (exact) mass is 331 g/mol. The molecule has 0 spiro atoms. The highest BCUT2D eigenvalue weighted by molar-refractivity contribution is 9.10. The van der Waals surface area contributed by atoms with Crippen LogP contribution in [-0.2, 0) is 6.54 Å². The van der Waals surface area contributed by atoms with Crippen LogP contribution in [0.25, 0.3) is 11.0 Å². The van der Waals surface area contributed by atoms with Gasteiger partial charge in [0.15, 0.2) is 5.65 Å². The van der Waals surface area contributed by atoms with Crippen LogP contribution in [0.3, 0.4) is 0 Å². The van der Waals surface area contributed by atoms with Crippen LogP contribution >= 0.6 is 15.9 Å². The summed E-state index contributed by atoms with van der Waals surface area (Å²) in [5.41, 5.74) is 9.13. The first-order chi connectivity index (χ1) is 9.72. The van der Waals surface area contributed by atoms with Crippen LogP contribution in [0.1, 0.15) is 30.0 Å². The van der Waals surface area contributed by atoms with E-state index in [4.69, 9.17) is 10.8 Å². The number of aromatic nitrogens is 4. The quantitative estimate of drug-likeness (QED) is 0.774. The first kappa shape index (κ1) is 12.0. The highest BCUT2D eigenvalue weighted by Crippen LogP contribution is 2.43. The summed E-state index contributed by atoms with van der Waals surface area (Å²) in [7, 11) is 0. The third-order valence-corrected chi connectivity index (χ3v) is 4.18. The highest BCUT2D eigenvalue weighted by Gasteiger charge is 2.31. The Morgan fingerprint density at radius 1 is 1.40 bits per heavy atom. The van der Waals surface area contributed by atoms with E-state index in [-0.39, 0.29) is 0 Å². The lowest BCUT2D eigenvalue weighted by atomic mass is 10.2. The molecular weight excluding hydrogens is 318 g/mol. The van der Waals surface area contributed by atoms with Crippen molar-refractivity contribution in [2.45, 2.75) is 25.3 Å². The topological polar surface area (TPSA) is 72.5 Å². The van der Waals surface area contributed by atoms with Gasteiger partial charge in [0.2, 0.25) is 0 Å². The number of benzene rings is 1. The van der Waals surface area contributed by atoms with Crippen LogP contribution in [0, 0.1) is 0 Å². The van der Waals surface area contributed by atoms with Gasteiger partial charge in [-0.2, -0.15) is 10.2 Å². The van der Waals surface area contributed by atoms with Gasteiger partial charge >= 0.3 is 0 Å². The van der Waals surface area contributed by atoms with Gasteiger partial charge in [0.1, 0.15) is 5.82 Å². The van der Waals surface area contributed by atoms with Gasteiger partial charge in [0.25, 0.3) is 0 Å². The number of halogens is 1. The molecule has 0 saturated heterocycles. The molecule has 20 heavy (non-hydrogen) atoms. The molecule has 0 amide bonds. The zero-order valence-corrected chi connectivity index (χ0v) is 12.4. The number of fused-ring (bicyclic) bond motifs is 1. The van der Waals surface area contributed by atoms with Gasteiger partial charge in [-0.15, -0.1) is 0 Å². The van der Waals surface area contributed by atoms with E-state index in [0.717, 1.165) is 21.2 Å². The van der Waals surface area contributed by atoms with Gasteiger partial charge in [0.05, 0.1) is 17.6 Å². The Morgan fingerprint density at radius 3 is 3.00 bits per heavy atom. The fraction of sp³-hybridized carbons (Fsp3) is 0.286. The van der Waals surface area contributed by atoms with Crippen molar-refractivity contribution in [3.8, 4) is 0 Å². The molecule has 0 unspecified atom stereocenters. The Hall–Kier alpha value is -1.82. The first-order valence-electron chi connectivity index (χ1n) is 6.67. The number of nitrogens with two attached hydrogens (primary N) is 1. The van der Waals surface area contributed by atoms with Gasteiger partial charge in [-0.05, 0) is 30.5 Å². The number of nitrogens with one attached hydrogen (secondary N) is 1. The lowest BCUT2D eigenvalue weighted by Crippen LogP contribution is -2.03. The average Bonchev–Trinajstić information content (AvgIpc) is 3.10. The molecular formula is C14H14BrN5. The smallest absolute Gasteiger partial charge is 0.182 e. The van der Waals surface area contributed by atoms with Crippen molar-refractivity contribution in [2.75, 3.05) is 5.73 Å². The molecule has 1 aliphatic carbocycles. The van der Waals surface area contributed by atoms with Crippen molar-refractivity contribution in [3.05, 3.63) is 40.0 Å². The number of anilines is 1. The number of hydrogen-bond donors (Lipinski definition) is 2. The summed E-state index contributed by atoms with van der Waals surface area (Å²) < 4.78 is 3.01. The molecule has 2 aromatic heterocycles. The molecule has 1 fully saturated rings. The maximum atomic E-state index is 5.99. The molecule has 3 N–H and O–H groups in total. The predicted octanol–water partition coefficient (Wildman–Crippen LogP) is 3.03. The maximum Gasteiger partial charge on any atom is 0.182 e. The molecule has 5 nitrogen and oxygen atoms in total. The van der Waals surface area contributed by atoms with Gasteiger partial charge in [-0.1, -0.05) is 28.1 Å². The minimum atomic E-state index is 0.557. The largest absolute Gasteiger partial charge is 0.383 e. The molecule has 6 heteroatoms. The summed E-state index contributed by atoms with van der Waals surface area (Å²) in [6, 6.07) is 8.23. The van der Waals surface area contributed by atoms with Crippen molar-refractivity contribution in [1.82, 2.24) is 20.0 Å². The second kappa shape index (κ2) is 4.34. The third-order valence-electron chi connectivity index (χ3n) is 3.69. The Morgan fingerprint density at radius 2 is 2.25 bits per heavy atom. The van der Waals surface area contributed by atoms with E-state index in [9.17, 15) is 0 Å². The molecule has 1 saturated carbocycles. The number of rotatable bonds is 3.